The number of pyridine rings is 2. The summed E-state index contributed by atoms with van der Waals surface area (Å²) in [5.41, 5.74) is 3.31. The number of carbonyl (C=O) groups excluding carboxylic acids is 2. The molecule has 2 amide bonds. The third kappa shape index (κ3) is 3.92. The van der Waals surface area contributed by atoms with Crippen LogP contribution in [-0.2, 0) is 13.0 Å². The van der Waals surface area contributed by atoms with Crippen LogP contribution in [0, 0.1) is 0 Å². The van der Waals surface area contributed by atoms with Gasteiger partial charge in [0.15, 0.2) is 11.5 Å². The lowest BCUT2D eigenvalue weighted by Gasteiger charge is -2.18. The number of fused-ring (bicyclic) bond motifs is 2. The first-order valence-electron chi connectivity index (χ1n) is 10.9. The number of hydrogen-bond acceptors (Lipinski definition) is 6. The average Bonchev–Trinajstić information content (AvgIpc) is 3.50. The van der Waals surface area contributed by atoms with E-state index >= 15 is 0 Å². The van der Waals surface area contributed by atoms with E-state index in [0.29, 0.717) is 47.1 Å². The normalized spacial score (nSPS) is 12.1. The van der Waals surface area contributed by atoms with Gasteiger partial charge < -0.3 is 14.8 Å². The highest BCUT2D eigenvalue weighted by Crippen LogP contribution is 2.32. The molecule has 3 aromatic heterocycles. The van der Waals surface area contributed by atoms with Gasteiger partial charge in [0.2, 0.25) is 6.79 Å². The van der Waals surface area contributed by atoms with Crippen LogP contribution in [0.1, 0.15) is 38.9 Å². The van der Waals surface area contributed by atoms with Crippen molar-refractivity contribution in [2.24, 2.45) is 0 Å². The second-order valence-corrected chi connectivity index (χ2v) is 7.85. The number of aryl methyl sites for hydroxylation is 1. The maximum Gasteiger partial charge on any atom is 0.259 e. The van der Waals surface area contributed by atoms with Crippen LogP contribution >= 0.6 is 0 Å². The SMILES string of the molecule is CCc1nc2ccc(C(=O)NCc3ccc4c(c3)OCO4)cn2c1N(C)C(=O)c1ccncc1. The zero-order valence-electron chi connectivity index (χ0n) is 18.8. The molecule has 0 fully saturated rings. The van der Waals surface area contributed by atoms with E-state index in [1.165, 1.54) is 0 Å². The molecule has 0 bridgehead atoms. The average molecular weight is 457 g/mol. The highest BCUT2D eigenvalue weighted by Gasteiger charge is 2.22. The molecular weight excluding hydrogens is 434 g/mol. The summed E-state index contributed by atoms with van der Waals surface area (Å²) in [5, 5.41) is 2.93. The van der Waals surface area contributed by atoms with E-state index in [1.54, 1.807) is 59.2 Å². The first kappa shape index (κ1) is 21.4. The standard InChI is InChI=1S/C25H23N5O4/c1-3-19-24(29(2)25(32)17-8-10-26-11-9-17)30-14-18(5-7-22(30)28-19)23(31)27-13-16-4-6-20-21(12-16)34-15-33-20/h4-12,14H,3,13,15H2,1-2H3,(H,27,31). The molecule has 0 unspecified atom stereocenters. The van der Waals surface area contributed by atoms with Gasteiger partial charge in [-0.2, -0.15) is 0 Å². The largest absolute Gasteiger partial charge is 0.454 e. The number of carbonyl (C=O) groups is 2. The molecule has 9 nitrogen and oxygen atoms in total. The second kappa shape index (κ2) is 8.86. The second-order valence-electron chi connectivity index (χ2n) is 7.85. The fourth-order valence-electron chi connectivity index (χ4n) is 3.93. The zero-order chi connectivity index (χ0) is 23.7. The minimum atomic E-state index is -0.236. The van der Waals surface area contributed by atoms with Crippen molar-refractivity contribution in [1.29, 1.82) is 0 Å². The molecule has 5 rings (SSSR count). The Labute approximate surface area is 196 Å². The molecule has 1 aliphatic rings. The molecule has 1 aromatic carbocycles. The Kier molecular flexibility index (Phi) is 5.59. The molecule has 34 heavy (non-hydrogen) atoms. The summed E-state index contributed by atoms with van der Waals surface area (Å²) in [6.07, 6.45) is 5.51. The quantitative estimate of drug-likeness (QED) is 0.477. The third-order valence-corrected chi connectivity index (χ3v) is 5.70. The molecule has 0 aliphatic carbocycles. The molecule has 0 atom stereocenters. The van der Waals surface area contributed by atoms with Crippen LogP contribution in [0.5, 0.6) is 11.5 Å². The summed E-state index contributed by atoms with van der Waals surface area (Å²) in [4.78, 5) is 36.2. The number of ether oxygens (including phenoxy) is 2. The van der Waals surface area contributed by atoms with Crippen molar-refractivity contribution in [2.75, 3.05) is 18.7 Å². The van der Waals surface area contributed by atoms with Gasteiger partial charge in [-0.25, -0.2) is 4.98 Å². The smallest absolute Gasteiger partial charge is 0.259 e. The number of rotatable bonds is 6. The number of hydrogen-bond donors (Lipinski definition) is 1. The lowest BCUT2D eigenvalue weighted by molar-refractivity contribution is 0.0949. The van der Waals surface area contributed by atoms with E-state index in [1.807, 2.05) is 25.1 Å². The van der Waals surface area contributed by atoms with Gasteiger partial charge in [0.25, 0.3) is 11.8 Å². The Bertz CT molecular complexity index is 1380. The summed E-state index contributed by atoms with van der Waals surface area (Å²) in [6, 6.07) is 12.4. The van der Waals surface area contributed by atoms with Crippen molar-refractivity contribution in [3.05, 3.63) is 83.4 Å². The Morgan fingerprint density at radius 1 is 1.06 bits per heavy atom. The van der Waals surface area contributed by atoms with Crippen molar-refractivity contribution in [1.82, 2.24) is 19.7 Å². The molecule has 0 saturated heterocycles. The summed E-state index contributed by atoms with van der Waals surface area (Å²) < 4.78 is 12.5. The number of aromatic nitrogens is 3. The van der Waals surface area contributed by atoms with Gasteiger partial charge in [-0.15, -0.1) is 0 Å². The van der Waals surface area contributed by atoms with Crippen molar-refractivity contribution in [3.63, 3.8) is 0 Å². The van der Waals surface area contributed by atoms with E-state index < -0.39 is 0 Å². The van der Waals surface area contributed by atoms with Crippen molar-refractivity contribution >= 4 is 23.3 Å². The van der Waals surface area contributed by atoms with E-state index in [4.69, 9.17) is 9.47 Å². The summed E-state index contributed by atoms with van der Waals surface area (Å²) in [5.74, 6) is 1.58. The number of nitrogens with one attached hydrogen (secondary N) is 1. The fraction of sp³-hybridized carbons (Fsp3) is 0.200. The van der Waals surface area contributed by atoms with Crippen molar-refractivity contribution in [3.8, 4) is 11.5 Å². The van der Waals surface area contributed by atoms with Crippen LogP contribution in [0.3, 0.4) is 0 Å². The Morgan fingerprint density at radius 2 is 1.85 bits per heavy atom. The summed E-state index contributed by atoms with van der Waals surface area (Å²) in [6.45, 7) is 2.52. The van der Waals surface area contributed by atoms with Gasteiger partial charge in [0.05, 0.1) is 11.3 Å². The molecule has 4 heterocycles. The van der Waals surface area contributed by atoms with Crippen LogP contribution in [0.2, 0.25) is 0 Å². The van der Waals surface area contributed by atoms with Gasteiger partial charge in [0.1, 0.15) is 11.5 Å². The minimum absolute atomic E-state index is 0.184. The van der Waals surface area contributed by atoms with Gasteiger partial charge in [-0.05, 0) is 48.4 Å². The Balaban J connectivity index is 1.41. The van der Waals surface area contributed by atoms with Gasteiger partial charge in [-0.1, -0.05) is 13.0 Å². The van der Waals surface area contributed by atoms with Crippen molar-refractivity contribution < 1.29 is 19.1 Å². The molecule has 1 N–H and O–H groups in total. The number of anilines is 1. The topological polar surface area (TPSA) is 98.1 Å². The molecule has 0 spiro atoms. The first-order valence-corrected chi connectivity index (χ1v) is 10.9. The third-order valence-electron chi connectivity index (χ3n) is 5.70. The predicted molar refractivity (Wildman–Crippen MR) is 125 cm³/mol. The maximum atomic E-state index is 13.1. The van der Waals surface area contributed by atoms with E-state index in [0.717, 1.165) is 11.3 Å². The van der Waals surface area contributed by atoms with Crippen LogP contribution < -0.4 is 19.7 Å². The number of amides is 2. The predicted octanol–water partition coefficient (Wildman–Crippen LogP) is 3.23. The van der Waals surface area contributed by atoms with Crippen LogP contribution in [0.25, 0.3) is 5.65 Å². The highest BCUT2D eigenvalue weighted by molar-refractivity contribution is 6.05. The van der Waals surface area contributed by atoms with Gasteiger partial charge in [0, 0.05) is 37.7 Å². The lowest BCUT2D eigenvalue weighted by atomic mass is 10.2. The fourth-order valence-corrected chi connectivity index (χ4v) is 3.93. The monoisotopic (exact) mass is 457 g/mol. The lowest BCUT2D eigenvalue weighted by Crippen LogP contribution is -2.28. The van der Waals surface area contributed by atoms with E-state index in [2.05, 4.69) is 15.3 Å². The van der Waals surface area contributed by atoms with E-state index in [-0.39, 0.29) is 18.6 Å². The minimum Gasteiger partial charge on any atom is -0.454 e. The summed E-state index contributed by atoms with van der Waals surface area (Å²) in [7, 11) is 1.71. The highest BCUT2D eigenvalue weighted by atomic mass is 16.7. The molecule has 0 saturated carbocycles. The van der Waals surface area contributed by atoms with Gasteiger partial charge >= 0.3 is 0 Å². The van der Waals surface area contributed by atoms with Crippen LogP contribution in [0.4, 0.5) is 5.82 Å². The zero-order valence-corrected chi connectivity index (χ0v) is 18.8. The van der Waals surface area contributed by atoms with Crippen LogP contribution in [0.15, 0.2) is 61.1 Å². The summed E-state index contributed by atoms with van der Waals surface area (Å²) >= 11 is 0. The Hall–Kier alpha value is -4.40. The molecule has 0 radical (unpaired) electrons. The number of imidazole rings is 1. The Morgan fingerprint density at radius 3 is 2.65 bits per heavy atom. The molecular formula is C25H23N5O4. The number of benzene rings is 1. The van der Waals surface area contributed by atoms with Gasteiger partial charge in [-0.3, -0.25) is 23.9 Å². The first-order chi connectivity index (χ1) is 16.5. The van der Waals surface area contributed by atoms with Crippen LogP contribution in [-0.4, -0.2) is 40.0 Å². The molecule has 172 valence electrons. The maximum absolute atomic E-state index is 13.1. The van der Waals surface area contributed by atoms with Crippen molar-refractivity contribution in [2.45, 2.75) is 19.9 Å². The van der Waals surface area contributed by atoms with E-state index in [9.17, 15) is 9.59 Å². The molecule has 1 aliphatic heterocycles. The molecule has 4 aromatic rings. The molecule has 9 heteroatoms. The number of nitrogens with zero attached hydrogens (tertiary/aromatic N) is 4.